The second-order valence-corrected chi connectivity index (χ2v) is 17.8. The summed E-state index contributed by atoms with van der Waals surface area (Å²) in [6.45, 7) is 2.82. The number of aliphatic hydroxyl groups is 4. The molecule has 66 heavy (non-hydrogen) atoms. The second kappa shape index (κ2) is 22.8. The van der Waals surface area contributed by atoms with Gasteiger partial charge in [-0.05, 0) is 69.8 Å². The van der Waals surface area contributed by atoms with Crippen molar-refractivity contribution in [3.63, 3.8) is 0 Å². The van der Waals surface area contributed by atoms with Crippen LogP contribution < -0.4 is 18.9 Å². The van der Waals surface area contributed by atoms with Crippen molar-refractivity contribution in [2.45, 2.75) is 77.0 Å². The van der Waals surface area contributed by atoms with Gasteiger partial charge < -0.3 is 57.8 Å². The maximum absolute atomic E-state index is 12.8. The van der Waals surface area contributed by atoms with Crippen LogP contribution in [0.25, 0.3) is 0 Å². The molecule has 0 aromatic heterocycles. The van der Waals surface area contributed by atoms with Gasteiger partial charge in [0, 0.05) is 72.9 Å². The van der Waals surface area contributed by atoms with Gasteiger partial charge in [-0.2, -0.15) is 0 Å². The summed E-state index contributed by atoms with van der Waals surface area (Å²) in [6, 6.07) is 19.9. The highest BCUT2D eigenvalue weighted by atomic mass is 16.5. The lowest BCUT2D eigenvalue weighted by atomic mass is 9.84. The van der Waals surface area contributed by atoms with E-state index in [9.17, 15) is 30.0 Å². The Morgan fingerprint density at radius 1 is 0.545 bits per heavy atom. The summed E-state index contributed by atoms with van der Waals surface area (Å²) in [7, 11) is 10.9. The molecule has 0 radical (unpaired) electrons. The summed E-state index contributed by atoms with van der Waals surface area (Å²) in [5.41, 5.74) is 9.55. The Morgan fingerprint density at radius 2 is 1.02 bits per heavy atom. The lowest BCUT2D eigenvalue weighted by Crippen LogP contribution is -2.52. The van der Waals surface area contributed by atoms with Gasteiger partial charge in [0.1, 0.15) is 23.6 Å². The van der Waals surface area contributed by atoms with Gasteiger partial charge in [-0.1, -0.05) is 24.3 Å². The van der Waals surface area contributed by atoms with Crippen LogP contribution in [0.2, 0.25) is 0 Å². The number of hydrogen-bond donors (Lipinski definition) is 4. The first-order chi connectivity index (χ1) is 31.9. The van der Waals surface area contributed by atoms with Crippen LogP contribution in [0.5, 0.6) is 23.0 Å². The predicted molar refractivity (Wildman–Crippen MR) is 248 cm³/mol. The smallest absolute Gasteiger partial charge is 0.331 e. The van der Waals surface area contributed by atoms with Gasteiger partial charge in [0.05, 0.1) is 108 Å². The third kappa shape index (κ3) is 11.5. The first-order valence-corrected chi connectivity index (χ1v) is 22.7. The summed E-state index contributed by atoms with van der Waals surface area (Å²) in [4.78, 5) is 25.6. The fourth-order valence-corrected chi connectivity index (χ4v) is 9.98. The van der Waals surface area contributed by atoms with Crippen molar-refractivity contribution < 1.29 is 67.4 Å². The van der Waals surface area contributed by atoms with Crippen LogP contribution in [-0.4, -0.2) is 123 Å². The van der Waals surface area contributed by atoms with E-state index in [-0.39, 0.29) is 51.7 Å². The maximum atomic E-state index is 12.8. The van der Waals surface area contributed by atoms with E-state index in [1.165, 1.54) is 11.1 Å². The molecule has 356 valence electrons. The molecule has 2 aliphatic rings. The van der Waals surface area contributed by atoms with Crippen molar-refractivity contribution in [2.24, 2.45) is 0 Å². The van der Waals surface area contributed by atoms with Crippen molar-refractivity contribution in [1.82, 2.24) is 0 Å². The number of ether oxygens (including phenoxy) is 6. The van der Waals surface area contributed by atoms with Gasteiger partial charge in [0.25, 0.3) is 0 Å². The highest BCUT2D eigenvalue weighted by molar-refractivity contribution is 5.91. The van der Waals surface area contributed by atoms with Gasteiger partial charge in [-0.15, -0.1) is 0 Å². The Kier molecular flexibility index (Phi) is 17.3. The van der Waals surface area contributed by atoms with Crippen LogP contribution in [-0.2, 0) is 71.2 Å². The molecule has 0 fully saturated rings. The molecule has 4 aromatic carbocycles. The maximum Gasteiger partial charge on any atom is 0.331 e. The topological polar surface area (TPSA) is 170 Å². The number of esters is 2. The van der Waals surface area contributed by atoms with Crippen LogP contribution in [0.15, 0.2) is 72.8 Å². The first-order valence-electron chi connectivity index (χ1n) is 22.7. The molecule has 0 aliphatic carbocycles. The number of methoxy groups -OCH3 is 4. The standard InChI is InChI=1S/C52H68N2O12/c1-53(19-15-37-27-40(32-56)41(33-57)28-43(37)45(53)24-35-10-12-47(61-3)42(23-35)34-58)17-7-21-65-51(59)13-14-52(60)66-22-8-18-54(2)20-16-38-29-49(63-5)50(64-6)30-44(38)46(54)25-36-9-11-39(31-55)48(26-36)62-4/h9-14,23,26-30,45-46,55-58H,7-8,15-22,24-25,31-34H2,1-6H3/q+2/b14-13+/t45-,46-,53+,54+/m0/s1. The lowest BCUT2D eigenvalue weighted by molar-refractivity contribution is -0.941. The monoisotopic (exact) mass is 912 g/mol. The minimum absolute atomic E-state index is 0.0141. The molecule has 6 rings (SSSR count). The van der Waals surface area contributed by atoms with Crippen LogP contribution in [0.3, 0.4) is 0 Å². The number of aliphatic hydroxyl groups excluding tert-OH is 4. The number of quaternary nitrogens is 2. The fraction of sp³-hybridized carbons (Fsp3) is 0.462. The van der Waals surface area contributed by atoms with Crippen LogP contribution in [0.4, 0.5) is 0 Å². The van der Waals surface area contributed by atoms with Crippen LogP contribution in [0, 0.1) is 0 Å². The van der Waals surface area contributed by atoms with Crippen LogP contribution in [0.1, 0.15) is 80.6 Å². The number of nitrogens with zero attached hydrogens (tertiary/aromatic N) is 2. The molecule has 4 N–H and O–H groups in total. The molecule has 0 amide bonds. The fourth-order valence-electron chi connectivity index (χ4n) is 9.98. The lowest BCUT2D eigenvalue weighted by Gasteiger charge is -2.46. The molecule has 0 bridgehead atoms. The minimum Gasteiger partial charge on any atom is -0.496 e. The Hall–Kier alpha value is -5.48. The Balaban J connectivity index is 1.04. The molecule has 4 atom stereocenters. The third-order valence-electron chi connectivity index (χ3n) is 13.8. The largest absolute Gasteiger partial charge is 0.496 e. The first kappa shape index (κ1) is 49.9. The molecular weight excluding hydrogens is 845 g/mol. The molecule has 2 heterocycles. The number of rotatable bonds is 22. The van der Waals surface area contributed by atoms with E-state index in [1.54, 1.807) is 28.4 Å². The molecule has 14 nitrogen and oxygen atoms in total. The van der Waals surface area contributed by atoms with E-state index in [4.69, 9.17) is 28.4 Å². The Labute approximate surface area is 388 Å². The van der Waals surface area contributed by atoms with E-state index in [0.29, 0.717) is 75.3 Å². The zero-order valence-corrected chi connectivity index (χ0v) is 39.3. The normalized spacial score (nSPS) is 20.0. The minimum atomic E-state index is -0.627. The van der Waals surface area contributed by atoms with Gasteiger partial charge in [0.15, 0.2) is 11.5 Å². The molecule has 0 saturated heterocycles. The average Bonchev–Trinajstić information content (AvgIpc) is 3.34. The molecule has 0 saturated carbocycles. The van der Waals surface area contributed by atoms with Crippen molar-refractivity contribution in [1.29, 1.82) is 0 Å². The molecular formula is C52H68N2O12+2. The highest BCUT2D eigenvalue weighted by Crippen LogP contribution is 2.43. The zero-order chi connectivity index (χ0) is 47.4. The number of hydrogen-bond acceptors (Lipinski definition) is 12. The summed E-state index contributed by atoms with van der Waals surface area (Å²) < 4.78 is 34.8. The van der Waals surface area contributed by atoms with Gasteiger partial charge in [0.2, 0.25) is 0 Å². The van der Waals surface area contributed by atoms with Crippen molar-refractivity contribution >= 4 is 11.9 Å². The number of carbonyl (C=O) groups is 2. The summed E-state index contributed by atoms with van der Waals surface area (Å²) in [5.74, 6) is 1.37. The van der Waals surface area contributed by atoms with E-state index in [1.807, 2.05) is 48.5 Å². The Bertz CT molecular complexity index is 2190. The van der Waals surface area contributed by atoms with Crippen molar-refractivity contribution in [3.8, 4) is 23.0 Å². The average molecular weight is 913 g/mol. The van der Waals surface area contributed by atoms with Crippen molar-refractivity contribution in [3.05, 3.63) is 128 Å². The van der Waals surface area contributed by atoms with E-state index < -0.39 is 11.9 Å². The number of likely N-dealkylation sites (N-methyl/N-ethyl adjacent to an activating group) is 2. The zero-order valence-electron chi connectivity index (χ0n) is 39.3. The molecule has 14 heteroatoms. The quantitative estimate of drug-likeness (QED) is 0.0344. The van der Waals surface area contributed by atoms with Crippen molar-refractivity contribution in [2.75, 3.05) is 81.9 Å². The summed E-state index contributed by atoms with van der Waals surface area (Å²) >= 11 is 0. The molecule has 0 spiro atoms. The highest BCUT2D eigenvalue weighted by Gasteiger charge is 2.41. The molecule has 4 aromatic rings. The number of carbonyl (C=O) groups excluding carboxylic acids is 2. The van der Waals surface area contributed by atoms with E-state index in [2.05, 4.69) is 26.2 Å². The van der Waals surface area contributed by atoms with Gasteiger partial charge in [-0.25, -0.2) is 9.59 Å². The van der Waals surface area contributed by atoms with Gasteiger partial charge >= 0.3 is 11.9 Å². The summed E-state index contributed by atoms with van der Waals surface area (Å²) in [6.07, 6.45) is 6.36. The Morgan fingerprint density at radius 3 is 1.55 bits per heavy atom. The van der Waals surface area contributed by atoms with E-state index >= 15 is 0 Å². The summed E-state index contributed by atoms with van der Waals surface area (Å²) in [5, 5.41) is 40.0. The third-order valence-corrected chi connectivity index (χ3v) is 13.8. The van der Waals surface area contributed by atoms with Gasteiger partial charge in [-0.3, -0.25) is 0 Å². The number of benzene rings is 4. The van der Waals surface area contributed by atoms with Crippen LogP contribution >= 0.6 is 0 Å². The number of fused-ring (bicyclic) bond motifs is 2. The predicted octanol–water partition coefficient (Wildman–Crippen LogP) is 5.39. The SMILES string of the molecule is COc1ccc(C[C@H]2c3cc(CO)c(CO)cc3CC[N@@+]2(C)CCCOC(=O)/C=C/C(=O)OCCC[N@+]2(C)CCc3cc(OC)c(OC)cc3[C@@H]2Cc2ccc(CO)c(OC)c2)cc1CO. The van der Waals surface area contributed by atoms with E-state index in [0.717, 1.165) is 78.0 Å². The second-order valence-electron chi connectivity index (χ2n) is 17.8. The molecule has 2 aliphatic heterocycles. The molecule has 0 unspecified atom stereocenters.